The number of hydrogen-bond donors (Lipinski definition) is 0. The van der Waals surface area contributed by atoms with Gasteiger partial charge in [0.25, 0.3) is 0 Å². The quantitative estimate of drug-likeness (QED) is 0.452. The monoisotopic (exact) mass is 478 g/mol. The molecule has 2 saturated carbocycles. The van der Waals surface area contributed by atoms with Gasteiger partial charge >= 0.3 is 0 Å². The van der Waals surface area contributed by atoms with E-state index in [0.29, 0.717) is 26.2 Å². The van der Waals surface area contributed by atoms with Crippen LogP contribution >= 0.6 is 0 Å². The Balaban J connectivity index is 1.46. The Morgan fingerprint density at radius 3 is 2.29 bits per heavy atom. The molecule has 0 radical (unpaired) electrons. The van der Waals surface area contributed by atoms with Crippen molar-refractivity contribution in [1.82, 2.24) is 0 Å². The molecule has 4 saturated heterocycles. The summed E-state index contributed by atoms with van der Waals surface area (Å²) in [7, 11) is 1.63. The molecule has 4 heterocycles. The Morgan fingerprint density at radius 2 is 1.62 bits per heavy atom. The van der Waals surface area contributed by atoms with E-state index in [-0.39, 0.29) is 42.2 Å². The summed E-state index contributed by atoms with van der Waals surface area (Å²) in [6.45, 7) is 13.5. The van der Waals surface area contributed by atoms with Gasteiger partial charge in [0, 0.05) is 29.8 Å². The Morgan fingerprint density at radius 1 is 0.912 bits per heavy atom. The lowest BCUT2D eigenvalue weighted by molar-refractivity contribution is -0.309. The number of rotatable bonds is 3. The van der Waals surface area contributed by atoms with Gasteiger partial charge in [-0.1, -0.05) is 20.8 Å². The molecule has 0 aromatic rings. The average molecular weight is 479 g/mol. The van der Waals surface area contributed by atoms with Gasteiger partial charge in [-0.25, -0.2) is 0 Å². The summed E-state index contributed by atoms with van der Waals surface area (Å²) in [6, 6.07) is 0. The lowest BCUT2D eigenvalue weighted by Crippen LogP contribution is -2.67. The summed E-state index contributed by atoms with van der Waals surface area (Å²) in [5.74, 6) is -2.12. The third-order valence-corrected chi connectivity index (χ3v) is 9.39. The summed E-state index contributed by atoms with van der Waals surface area (Å²) in [4.78, 5) is 14.9. The van der Waals surface area contributed by atoms with Crippen molar-refractivity contribution in [2.45, 2.75) is 95.7 Å². The van der Waals surface area contributed by atoms with E-state index in [9.17, 15) is 4.79 Å². The maximum atomic E-state index is 14.9. The largest absolute Gasteiger partial charge is 0.369 e. The van der Waals surface area contributed by atoms with Crippen molar-refractivity contribution in [3.05, 3.63) is 12.2 Å². The first-order chi connectivity index (χ1) is 15.9. The maximum Gasteiger partial charge on any atom is 0.185 e. The van der Waals surface area contributed by atoms with Crippen molar-refractivity contribution in [3.63, 3.8) is 0 Å². The van der Waals surface area contributed by atoms with Crippen molar-refractivity contribution in [3.8, 4) is 0 Å². The van der Waals surface area contributed by atoms with Gasteiger partial charge < -0.3 is 33.2 Å². The standard InChI is InChI=1S/C26H38O8/c1-22(2)12-15-20(32-15)25(6)16(14-13-31-23(3,4)34-17(14)18-21(25)33-18)19(27)26(22,28-7)9-8-24(5)29-10-11-30-24/h8-9,14-18,20-21H,10-13H2,1-7H3/b9-8+/t14-,15+,16+,17+,18+,20+,21+,25+,26+/m0/s1. The van der Waals surface area contributed by atoms with Crippen LogP contribution in [-0.2, 0) is 38.0 Å². The van der Waals surface area contributed by atoms with Crippen LogP contribution in [0.25, 0.3) is 0 Å². The Bertz CT molecular complexity index is 906. The SMILES string of the molecule is CO[C@]1(/C=C/C2(C)OCCO2)C(=O)[C@H]2[C@@H]3COC(C)(C)O[C@H]3[C@H]3O[C@H]3[C@@]2(C)[C@@H]2O[C@@H]2CC1(C)C. The van der Waals surface area contributed by atoms with Gasteiger partial charge in [0.2, 0.25) is 0 Å². The average Bonchev–Trinajstić information content (AvgIpc) is 3.66. The molecule has 0 amide bonds. The lowest BCUT2D eigenvalue weighted by Gasteiger charge is -2.55. The summed E-state index contributed by atoms with van der Waals surface area (Å²) < 4.78 is 42.9. The van der Waals surface area contributed by atoms with Crippen molar-refractivity contribution in [2.24, 2.45) is 22.7 Å². The first kappa shape index (κ1) is 23.5. The van der Waals surface area contributed by atoms with Crippen LogP contribution in [0.3, 0.4) is 0 Å². The van der Waals surface area contributed by atoms with Crippen LogP contribution in [0.2, 0.25) is 0 Å². The van der Waals surface area contributed by atoms with Crippen LogP contribution in [0.15, 0.2) is 12.2 Å². The minimum Gasteiger partial charge on any atom is -0.369 e. The third-order valence-electron chi connectivity index (χ3n) is 9.39. The van der Waals surface area contributed by atoms with Gasteiger partial charge in [-0.2, -0.15) is 0 Å². The van der Waals surface area contributed by atoms with Gasteiger partial charge in [0.1, 0.15) is 11.7 Å². The highest BCUT2D eigenvalue weighted by Crippen LogP contribution is 2.66. The number of methoxy groups -OCH3 is 1. The van der Waals surface area contributed by atoms with Crippen molar-refractivity contribution < 1.29 is 38.0 Å². The number of Topliss-reactive ketones (excluding diaryl/α,β-unsaturated/α-hetero) is 1. The Labute approximate surface area is 201 Å². The molecule has 6 aliphatic rings. The first-order valence-corrected chi connectivity index (χ1v) is 12.6. The molecule has 0 aromatic carbocycles. The van der Waals surface area contributed by atoms with Gasteiger partial charge in [0.15, 0.2) is 17.4 Å². The molecule has 4 aliphatic heterocycles. The second kappa shape index (κ2) is 7.12. The molecular weight excluding hydrogens is 440 g/mol. The molecule has 0 spiro atoms. The number of carbonyl (C=O) groups excluding carboxylic acids is 1. The topological polar surface area (TPSA) is 88.3 Å². The van der Waals surface area contributed by atoms with E-state index in [4.69, 9.17) is 33.2 Å². The van der Waals surface area contributed by atoms with Crippen LogP contribution in [0.1, 0.15) is 48.0 Å². The lowest BCUT2D eigenvalue weighted by atomic mass is 9.51. The normalized spacial score (nSPS) is 52.1. The van der Waals surface area contributed by atoms with Crippen molar-refractivity contribution >= 4 is 5.78 Å². The zero-order chi connectivity index (χ0) is 24.3. The Kier molecular flexibility index (Phi) is 4.93. The molecule has 6 rings (SSSR count). The van der Waals surface area contributed by atoms with E-state index in [0.717, 1.165) is 0 Å². The van der Waals surface area contributed by atoms with Crippen molar-refractivity contribution in [1.29, 1.82) is 0 Å². The fourth-order valence-electron chi connectivity index (χ4n) is 7.48. The van der Waals surface area contributed by atoms with Crippen LogP contribution in [0, 0.1) is 22.7 Å². The number of hydrogen-bond acceptors (Lipinski definition) is 8. The molecule has 34 heavy (non-hydrogen) atoms. The molecule has 9 atom stereocenters. The van der Waals surface area contributed by atoms with Crippen LogP contribution in [0.5, 0.6) is 0 Å². The van der Waals surface area contributed by atoms with Crippen LogP contribution in [-0.4, -0.2) is 80.4 Å². The number of carbonyl (C=O) groups is 1. The van der Waals surface area contributed by atoms with Crippen LogP contribution in [0.4, 0.5) is 0 Å². The third kappa shape index (κ3) is 3.12. The fraction of sp³-hybridized carbons (Fsp3) is 0.885. The molecular formula is C26H38O8. The Hall–Kier alpha value is -0.870. The van der Waals surface area contributed by atoms with E-state index in [1.165, 1.54) is 0 Å². The molecule has 6 fully saturated rings. The second-order valence-corrected chi connectivity index (χ2v) is 12.4. The van der Waals surface area contributed by atoms with Gasteiger partial charge in [-0.05, 0) is 39.3 Å². The predicted octanol–water partition coefficient (Wildman–Crippen LogP) is 2.63. The number of ether oxygens (including phenoxy) is 7. The van der Waals surface area contributed by atoms with Gasteiger partial charge in [-0.15, -0.1) is 0 Å². The van der Waals surface area contributed by atoms with Crippen LogP contribution < -0.4 is 0 Å². The molecule has 0 aromatic heterocycles. The number of fused-ring (bicyclic) bond motifs is 8. The molecule has 8 nitrogen and oxygen atoms in total. The summed E-state index contributed by atoms with van der Waals surface area (Å²) in [5.41, 5.74) is -2.20. The highest BCUT2D eigenvalue weighted by atomic mass is 16.7. The minimum atomic E-state index is -1.20. The highest BCUT2D eigenvalue weighted by molar-refractivity contribution is 5.94. The van der Waals surface area contributed by atoms with E-state index < -0.39 is 33.9 Å². The maximum absolute atomic E-state index is 14.9. The highest BCUT2D eigenvalue weighted by Gasteiger charge is 2.78. The molecule has 190 valence electrons. The summed E-state index contributed by atoms with van der Waals surface area (Å²) in [6.07, 6.45) is 4.15. The second-order valence-electron chi connectivity index (χ2n) is 12.4. The molecule has 2 aliphatic carbocycles. The zero-order valence-electron chi connectivity index (χ0n) is 21.3. The number of ketones is 1. The van der Waals surface area contributed by atoms with E-state index in [1.807, 2.05) is 32.9 Å². The molecule has 0 N–H and O–H groups in total. The van der Waals surface area contributed by atoms with Gasteiger partial charge in [0.05, 0.1) is 44.2 Å². The summed E-state index contributed by atoms with van der Waals surface area (Å²) in [5, 5.41) is 0. The summed E-state index contributed by atoms with van der Waals surface area (Å²) >= 11 is 0. The van der Waals surface area contributed by atoms with E-state index >= 15 is 0 Å². The van der Waals surface area contributed by atoms with Gasteiger partial charge in [-0.3, -0.25) is 4.79 Å². The predicted molar refractivity (Wildman–Crippen MR) is 120 cm³/mol. The van der Waals surface area contributed by atoms with E-state index in [2.05, 4.69) is 20.8 Å². The molecule has 0 unspecified atom stereocenters. The number of epoxide rings is 2. The molecule has 0 bridgehead atoms. The minimum absolute atomic E-state index is 0.0236. The first-order valence-electron chi connectivity index (χ1n) is 12.6. The fourth-order valence-corrected chi connectivity index (χ4v) is 7.48. The molecule has 8 heteroatoms. The zero-order valence-corrected chi connectivity index (χ0v) is 21.3. The van der Waals surface area contributed by atoms with Crippen molar-refractivity contribution in [2.75, 3.05) is 26.9 Å². The van der Waals surface area contributed by atoms with E-state index in [1.54, 1.807) is 7.11 Å². The smallest absolute Gasteiger partial charge is 0.185 e.